The summed E-state index contributed by atoms with van der Waals surface area (Å²) in [6.45, 7) is 3.92. The van der Waals surface area contributed by atoms with E-state index in [2.05, 4.69) is 4.72 Å². The van der Waals surface area contributed by atoms with Crippen molar-refractivity contribution in [2.45, 2.75) is 26.7 Å². The molecule has 0 aliphatic rings. The Labute approximate surface area is 91.2 Å². The molecule has 0 saturated carbocycles. The average Bonchev–Trinajstić information content (AvgIpc) is 2.21. The van der Waals surface area contributed by atoms with Gasteiger partial charge >= 0.3 is 0 Å². The minimum atomic E-state index is -3.52. The predicted octanol–water partition coefficient (Wildman–Crippen LogP) is 0.228. The Morgan fingerprint density at radius 3 is 2.27 bits per heavy atom. The largest absolute Gasteiger partial charge is 0.396 e. The van der Waals surface area contributed by atoms with Gasteiger partial charge in [-0.25, -0.2) is 13.1 Å². The van der Waals surface area contributed by atoms with Crippen LogP contribution in [0.2, 0.25) is 0 Å². The summed E-state index contributed by atoms with van der Waals surface area (Å²) in [4.78, 5) is 0. The lowest BCUT2D eigenvalue weighted by atomic mass is 9.84. The molecule has 88 valence electrons. The lowest BCUT2D eigenvalue weighted by molar-refractivity contribution is 0.119. The van der Waals surface area contributed by atoms with Gasteiger partial charge in [0, 0.05) is 18.6 Å². The SMILES string of the molecule is CCC(CC)(CO)CNS(=O)(=O)CC#N. The zero-order chi connectivity index (χ0) is 11.9. The van der Waals surface area contributed by atoms with E-state index in [0.717, 1.165) is 0 Å². The van der Waals surface area contributed by atoms with E-state index < -0.39 is 21.2 Å². The predicted molar refractivity (Wildman–Crippen MR) is 57.5 cm³/mol. The molecule has 0 bridgehead atoms. The maximum absolute atomic E-state index is 11.2. The summed E-state index contributed by atoms with van der Waals surface area (Å²) in [5.41, 5.74) is -0.414. The second-order valence-corrected chi connectivity index (χ2v) is 5.41. The zero-order valence-corrected chi connectivity index (χ0v) is 9.97. The summed E-state index contributed by atoms with van der Waals surface area (Å²) in [6.07, 6.45) is 1.38. The molecule has 0 aromatic rings. The molecule has 15 heavy (non-hydrogen) atoms. The highest BCUT2D eigenvalue weighted by atomic mass is 32.2. The van der Waals surface area contributed by atoms with E-state index in [-0.39, 0.29) is 13.2 Å². The fourth-order valence-corrected chi connectivity index (χ4v) is 1.98. The van der Waals surface area contributed by atoms with E-state index in [0.29, 0.717) is 12.8 Å². The van der Waals surface area contributed by atoms with E-state index >= 15 is 0 Å². The van der Waals surface area contributed by atoms with Gasteiger partial charge in [-0.3, -0.25) is 0 Å². The fourth-order valence-electron chi connectivity index (χ4n) is 1.18. The van der Waals surface area contributed by atoms with Crippen LogP contribution in [0.1, 0.15) is 26.7 Å². The minimum Gasteiger partial charge on any atom is -0.396 e. The highest BCUT2D eigenvalue weighted by Gasteiger charge is 2.27. The van der Waals surface area contributed by atoms with Gasteiger partial charge in [0.05, 0.1) is 6.07 Å². The van der Waals surface area contributed by atoms with Crippen molar-refractivity contribution < 1.29 is 13.5 Å². The molecule has 0 aliphatic heterocycles. The van der Waals surface area contributed by atoms with Crippen LogP contribution in [0.4, 0.5) is 0 Å². The molecule has 0 atom stereocenters. The molecule has 0 fully saturated rings. The van der Waals surface area contributed by atoms with Crippen molar-refractivity contribution in [3.8, 4) is 6.07 Å². The number of nitrogens with zero attached hydrogens (tertiary/aromatic N) is 1. The van der Waals surface area contributed by atoms with Gasteiger partial charge in [0.1, 0.15) is 0 Å². The first-order valence-corrected chi connectivity index (χ1v) is 6.55. The maximum Gasteiger partial charge on any atom is 0.225 e. The summed E-state index contributed by atoms with van der Waals surface area (Å²) < 4.78 is 24.8. The highest BCUT2D eigenvalue weighted by Crippen LogP contribution is 2.24. The molecule has 0 aromatic heterocycles. The number of hydrogen-bond donors (Lipinski definition) is 2. The molecule has 5 nitrogen and oxygen atoms in total. The van der Waals surface area contributed by atoms with Crippen molar-refractivity contribution in [3.05, 3.63) is 0 Å². The highest BCUT2D eigenvalue weighted by molar-refractivity contribution is 7.89. The number of nitriles is 1. The first-order chi connectivity index (χ1) is 6.95. The Balaban J connectivity index is 4.42. The van der Waals surface area contributed by atoms with Crippen LogP contribution in [-0.2, 0) is 10.0 Å². The van der Waals surface area contributed by atoms with Crippen molar-refractivity contribution in [2.75, 3.05) is 18.9 Å². The Hall–Kier alpha value is -0.640. The number of rotatable bonds is 7. The second kappa shape index (κ2) is 6.05. The first kappa shape index (κ1) is 14.4. The van der Waals surface area contributed by atoms with E-state index in [1.165, 1.54) is 0 Å². The number of aliphatic hydroxyl groups is 1. The van der Waals surface area contributed by atoms with Crippen molar-refractivity contribution in [2.24, 2.45) is 5.41 Å². The smallest absolute Gasteiger partial charge is 0.225 e. The number of sulfonamides is 1. The summed E-state index contributed by atoms with van der Waals surface area (Å²) in [5, 5.41) is 17.5. The molecule has 0 aromatic carbocycles. The minimum absolute atomic E-state index is 0.0604. The van der Waals surface area contributed by atoms with Crippen molar-refractivity contribution in [1.82, 2.24) is 4.72 Å². The molecule has 2 N–H and O–H groups in total. The standard InChI is InChI=1S/C9H18N2O3S/c1-3-9(4-2,8-12)7-11-15(13,14)6-5-10/h11-12H,3-4,6-8H2,1-2H3. The normalized spacial score (nSPS) is 12.4. The van der Waals surface area contributed by atoms with Gasteiger partial charge in [0.2, 0.25) is 10.0 Å². The first-order valence-electron chi connectivity index (χ1n) is 4.90. The summed E-state index contributed by atoms with van der Waals surface area (Å²) in [6, 6.07) is 1.59. The van der Waals surface area contributed by atoms with Gasteiger partial charge in [-0.1, -0.05) is 13.8 Å². The fraction of sp³-hybridized carbons (Fsp3) is 0.889. The van der Waals surface area contributed by atoms with E-state index in [4.69, 9.17) is 5.26 Å². The molecule has 0 saturated heterocycles. The van der Waals surface area contributed by atoms with Gasteiger partial charge in [-0.05, 0) is 12.8 Å². The number of nitrogens with one attached hydrogen (secondary N) is 1. The third-order valence-corrected chi connectivity index (χ3v) is 3.85. The second-order valence-electron chi connectivity index (χ2n) is 3.60. The summed E-state index contributed by atoms with van der Waals surface area (Å²) in [5.74, 6) is -0.540. The quantitative estimate of drug-likeness (QED) is 0.659. The molecule has 0 radical (unpaired) electrons. The number of hydrogen-bond acceptors (Lipinski definition) is 4. The summed E-state index contributed by atoms with van der Waals surface area (Å²) in [7, 11) is -3.52. The van der Waals surface area contributed by atoms with Crippen LogP contribution in [0.3, 0.4) is 0 Å². The molecular formula is C9H18N2O3S. The maximum atomic E-state index is 11.2. The lowest BCUT2D eigenvalue weighted by Gasteiger charge is -2.29. The zero-order valence-electron chi connectivity index (χ0n) is 9.15. The van der Waals surface area contributed by atoms with Gasteiger partial charge < -0.3 is 5.11 Å². The topological polar surface area (TPSA) is 90.2 Å². The van der Waals surface area contributed by atoms with Crippen molar-refractivity contribution >= 4 is 10.0 Å². The van der Waals surface area contributed by atoms with Crippen molar-refractivity contribution in [3.63, 3.8) is 0 Å². The molecule has 6 heteroatoms. The molecule has 0 aliphatic carbocycles. The van der Waals surface area contributed by atoms with Crippen LogP contribution in [0.15, 0.2) is 0 Å². The van der Waals surface area contributed by atoms with Gasteiger partial charge in [-0.15, -0.1) is 0 Å². The molecule has 0 rings (SSSR count). The average molecular weight is 234 g/mol. The van der Waals surface area contributed by atoms with Crippen LogP contribution >= 0.6 is 0 Å². The van der Waals surface area contributed by atoms with E-state index in [1.54, 1.807) is 6.07 Å². The third-order valence-electron chi connectivity index (χ3n) is 2.76. The van der Waals surface area contributed by atoms with E-state index in [1.807, 2.05) is 13.8 Å². The molecular weight excluding hydrogens is 216 g/mol. The Morgan fingerprint density at radius 2 is 1.93 bits per heavy atom. The van der Waals surface area contributed by atoms with Crippen LogP contribution in [0.5, 0.6) is 0 Å². The molecule has 0 heterocycles. The van der Waals surface area contributed by atoms with Crippen LogP contribution in [-0.4, -0.2) is 32.4 Å². The number of aliphatic hydroxyl groups excluding tert-OH is 1. The Kier molecular flexibility index (Phi) is 5.80. The monoisotopic (exact) mass is 234 g/mol. The Morgan fingerprint density at radius 1 is 1.40 bits per heavy atom. The van der Waals surface area contributed by atoms with Crippen LogP contribution < -0.4 is 4.72 Å². The summed E-state index contributed by atoms with van der Waals surface area (Å²) >= 11 is 0. The van der Waals surface area contributed by atoms with Gasteiger partial charge in [0.25, 0.3) is 0 Å². The molecule has 0 spiro atoms. The van der Waals surface area contributed by atoms with Crippen LogP contribution in [0.25, 0.3) is 0 Å². The van der Waals surface area contributed by atoms with Gasteiger partial charge in [-0.2, -0.15) is 5.26 Å². The van der Waals surface area contributed by atoms with Crippen molar-refractivity contribution in [1.29, 1.82) is 5.26 Å². The lowest BCUT2D eigenvalue weighted by Crippen LogP contribution is -2.40. The Bertz CT molecular complexity index is 306. The third kappa shape index (κ3) is 4.60. The van der Waals surface area contributed by atoms with Gasteiger partial charge in [0.15, 0.2) is 5.75 Å². The van der Waals surface area contributed by atoms with E-state index in [9.17, 15) is 13.5 Å². The molecule has 0 amide bonds. The molecule has 0 unspecified atom stereocenters. The van der Waals surface area contributed by atoms with Crippen LogP contribution in [0, 0.1) is 16.7 Å².